The van der Waals surface area contributed by atoms with Crippen molar-refractivity contribution >= 4 is 0 Å². The summed E-state index contributed by atoms with van der Waals surface area (Å²) in [6.45, 7) is 0. The molecule has 5 heteroatoms. The van der Waals surface area contributed by atoms with Gasteiger partial charge in [-0.05, 0) is 17.7 Å². The van der Waals surface area contributed by atoms with E-state index in [0.29, 0.717) is 12.0 Å². The summed E-state index contributed by atoms with van der Waals surface area (Å²) < 4.78 is 26.7. The molecule has 0 aliphatic heterocycles. The van der Waals surface area contributed by atoms with Crippen LogP contribution < -0.4 is 0 Å². The fourth-order valence-corrected chi connectivity index (χ4v) is 1.79. The van der Waals surface area contributed by atoms with E-state index in [4.69, 9.17) is 0 Å². The van der Waals surface area contributed by atoms with E-state index in [0.717, 1.165) is 5.69 Å². The van der Waals surface area contributed by atoms with Crippen molar-refractivity contribution in [2.24, 2.45) is 7.05 Å². The predicted octanol–water partition coefficient (Wildman–Crippen LogP) is 2.63. The molecule has 0 bridgehead atoms. The van der Waals surface area contributed by atoms with E-state index >= 15 is 0 Å². The van der Waals surface area contributed by atoms with Gasteiger partial charge in [-0.2, -0.15) is 5.10 Å². The Morgan fingerprint density at radius 3 is 2.61 bits per heavy atom. The topological polar surface area (TPSA) is 38.0 Å². The Hall–Kier alpha value is -1.75. The molecule has 96 valence electrons. The molecule has 1 unspecified atom stereocenters. The number of aromatic nitrogens is 2. The zero-order valence-corrected chi connectivity index (χ0v) is 9.92. The fourth-order valence-electron chi connectivity index (χ4n) is 1.79. The molecule has 0 amide bonds. The number of alkyl halides is 2. The highest BCUT2D eigenvalue weighted by molar-refractivity contribution is 5.26. The molecule has 1 N–H and O–H groups in total. The maximum atomic E-state index is 12.5. The van der Waals surface area contributed by atoms with Gasteiger partial charge in [0.15, 0.2) is 0 Å². The largest absolute Gasteiger partial charge is 0.388 e. The van der Waals surface area contributed by atoms with Crippen molar-refractivity contribution < 1.29 is 13.9 Å². The molecule has 0 saturated carbocycles. The number of benzene rings is 1. The highest BCUT2D eigenvalue weighted by atomic mass is 19.3. The SMILES string of the molecule is Cn1ccc(CC(O)c2cccc(C(F)F)c2)n1. The van der Waals surface area contributed by atoms with E-state index in [1.165, 1.54) is 18.2 Å². The molecular formula is C13H14F2N2O. The van der Waals surface area contributed by atoms with Crippen molar-refractivity contribution in [3.63, 3.8) is 0 Å². The summed E-state index contributed by atoms with van der Waals surface area (Å²) in [6, 6.07) is 7.64. The smallest absolute Gasteiger partial charge is 0.263 e. The van der Waals surface area contributed by atoms with Crippen molar-refractivity contribution in [2.75, 3.05) is 0 Å². The summed E-state index contributed by atoms with van der Waals surface area (Å²) in [6.07, 6.45) is -1.25. The maximum Gasteiger partial charge on any atom is 0.263 e. The summed E-state index contributed by atoms with van der Waals surface area (Å²) in [7, 11) is 1.79. The Bertz CT molecular complexity index is 525. The molecule has 1 heterocycles. The summed E-state index contributed by atoms with van der Waals surface area (Å²) >= 11 is 0. The van der Waals surface area contributed by atoms with E-state index in [1.54, 1.807) is 30.1 Å². The molecule has 1 aromatic heterocycles. The minimum absolute atomic E-state index is 0.0763. The van der Waals surface area contributed by atoms with Gasteiger partial charge >= 0.3 is 0 Å². The lowest BCUT2D eigenvalue weighted by Crippen LogP contribution is -2.03. The number of nitrogens with zero attached hydrogens (tertiary/aromatic N) is 2. The first-order valence-electron chi connectivity index (χ1n) is 5.61. The van der Waals surface area contributed by atoms with Gasteiger partial charge in [-0.15, -0.1) is 0 Å². The van der Waals surface area contributed by atoms with Crippen LogP contribution in [0.2, 0.25) is 0 Å². The number of halogens is 2. The molecule has 2 rings (SSSR count). The standard InChI is InChI=1S/C13H14F2N2O/c1-17-6-5-11(16-17)8-12(18)9-3-2-4-10(7-9)13(14)15/h2-7,12-13,18H,8H2,1H3. The minimum Gasteiger partial charge on any atom is -0.388 e. The Morgan fingerprint density at radius 2 is 2.00 bits per heavy atom. The first-order chi connectivity index (χ1) is 8.56. The Kier molecular flexibility index (Phi) is 3.72. The van der Waals surface area contributed by atoms with Gasteiger partial charge in [0.2, 0.25) is 0 Å². The van der Waals surface area contributed by atoms with Crippen LogP contribution in [-0.2, 0) is 13.5 Å². The Morgan fingerprint density at radius 1 is 1.28 bits per heavy atom. The van der Waals surface area contributed by atoms with Gasteiger partial charge in [0, 0.05) is 25.2 Å². The summed E-state index contributed by atoms with van der Waals surface area (Å²) in [5, 5.41) is 14.1. The van der Waals surface area contributed by atoms with Gasteiger partial charge in [-0.3, -0.25) is 4.68 Å². The first-order valence-corrected chi connectivity index (χ1v) is 5.61. The van der Waals surface area contributed by atoms with Crippen LogP contribution in [0.25, 0.3) is 0 Å². The van der Waals surface area contributed by atoms with Gasteiger partial charge in [0.05, 0.1) is 11.8 Å². The van der Waals surface area contributed by atoms with Crippen molar-refractivity contribution in [3.05, 3.63) is 53.3 Å². The molecular weight excluding hydrogens is 238 g/mol. The fraction of sp³-hybridized carbons (Fsp3) is 0.308. The molecule has 18 heavy (non-hydrogen) atoms. The van der Waals surface area contributed by atoms with Crippen LogP contribution in [0.15, 0.2) is 36.5 Å². The number of hydrogen-bond acceptors (Lipinski definition) is 2. The normalized spacial score (nSPS) is 12.9. The van der Waals surface area contributed by atoms with E-state index in [2.05, 4.69) is 5.10 Å². The van der Waals surface area contributed by atoms with Crippen LogP contribution in [0, 0.1) is 0 Å². The second kappa shape index (κ2) is 5.27. The number of rotatable bonds is 4. The molecule has 0 saturated heterocycles. The minimum atomic E-state index is -2.52. The number of aliphatic hydroxyl groups is 1. The quantitative estimate of drug-likeness (QED) is 0.908. The van der Waals surface area contributed by atoms with Crippen molar-refractivity contribution in [3.8, 4) is 0 Å². The predicted molar refractivity (Wildman–Crippen MR) is 63.3 cm³/mol. The van der Waals surface area contributed by atoms with Crippen molar-refractivity contribution in [1.82, 2.24) is 9.78 Å². The molecule has 1 aromatic carbocycles. The molecule has 0 spiro atoms. The second-order valence-corrected chi connectivity index (χ2v) is 4.17. The lowest BCUT2D eigenvalue weighted by Gasteiger charge is -2.10. The van der Waals surface area contributed by atoms with Crippen LogP contribution >= 0.6 is 0 Å². The molecule has 0 fully saturated rings. The first kappa shape index (κ1) is 12.7. The highest BCUT2D eigenvalue weighted by Crippen LogP contribution is 2.24. The molecule has 1 atom stereocenters. The summed E-state index contributed by atoms with van der Waals surface area (Å²) in [4.78, 5) is 0. The molecule has 0 aliphatic rings. The lowest BCUT2D eigenvalue weighted by molar-refractivity contribution is 0.149. The molecule has 3 nitrogen and oxygen atoms in total. The third kappa shape index (κ3) is 2.92. The van der Waals surface area contributed by atoms with Crippen LogP contribution in [0.3, 0.4) is 0 Å². The number of hydrogen-bond donors (Lipinski definition) is 1. The lowest BCUT2D eigenvalue weighted by atomic mass is 10.0. The van der Waals surface area contributed by atoms with Gasteiger partial charge in [0.1, 0.15) is 0 Å². The van der Waals surface area contributed by atoms with Gasteiger partial charge in [0.25, 0.3) is 6.43 Å². The average molecular weight is 252 g/mol. The van der Waals surface area contributed by atoms with Gasteiger partial charge in [-0.1, -0.05) is 18.2 Å². The van der Waals surface area contributed by atoms with E-state index in [9.17, 15) is 13.9 Å². The number of aryl methyl sites for hydroxylation is 1. The average Bonchev–Trinajstić information content (AvgIpc) is 2.75. The monoisotopic (exact) mass is 252 g/mol. The third-order valence-electron chi connectivity index (χ3n) is 2.72. The summed E-state index contributed by atoms with van der Waals surface area (Å²) in [5.74, 6) is 0. The van der Waals surface area contributed by atoms with Crippen molar-refractivity contribution in [1.29, 1.82) is 0 Å². The number of aliphatic hydroxyl groups excluding tert-OH is 1. The van der Waals surface area contributed by atoms with E-state index < -0.39 is 12.5 Å². The van der Waals surface area contributed by atoms with Crippen LogP contribution in [-0.4, -0.2) is 14.9 Å². The zero-order chi connectivity index (χ0) is 13.1. The summed E-state index contributed by atoms with van der Waals surface area (Å²) in [5.41, 5.74) is 1.14. The van der Waals surface area contributed by atoms with Crippen LogP contribution in [0.4, 0.5) is 8.78 Å². The van der Waals surface area contributed by atoms with E-state index in [-0.39, 0.29) is 5.56 Å². The molecule has 2 aromatic rings. The highest BCUT2D eigenvalue weighted by Gasteiger charge is 2.13. The van der Waals surface area contributed by atoms with Crippen LogP contribution in [0.5, 0.6) is 0 Å². The zero-order valence-electron chi connectivity index (χ0n) is 9.92. The molecule has 0 aliphatic carbocycles. The van der Waals surface area contributed by atoms with E-state index in [1.807, 2.05) is 0 Å². The second-order valence-electron chi connectivity index (χ2n) is 4.17. The Labute approximate surface area is 104 Å². The third-order valence-corrected chi connectivity index (χ3v) is 2.72. The Balaban J connectivity index is 2.13. The van der Waals surface area contributed by atoms with Crippen molar-refractivity contribution in [2.45, 2.75) is 19.0 Å². The molecule has 0 radical (unpaired) electrons. The van der Waals surface area contributed by atoms with Gasteiger partial charge < -0.3 is 5.11 Å². The maximum absolute atomic E-state index is 12.5. The van der Waals surface area contributed by atoms with Gasteiger partial charge in [-0.25, -0.2) is 8.78 Å². The van der Waals surface area contributed by atoms with Crippen LogP contribution in [0.1, 0.15) is 29.4 Å².